The molecule has 0 unspecified atom stereocenters. The molecule has 2 N–H and O–H groups in total. The van der Waals surface area contributed by atoms with Crippen molar-refractivity contribution in [1.29, 1.82) is 0 Å². The highest BCUT2D eigenvalue weighted by Gasteiger charge is 2.31. The van der Waals surface area contributed by atoms with Crippen LogP contribution in [0.4, 0.5) is 5.82 Å². The molecule has 1 amide bonds. The van der Waals surface area contributed by atoms with Crippen LogP contribution in [0.1, 0.15) is 36.0 Å². The van der Waals surface area contributed by atoms with Gasteiger partial charge in [0.15, 0.2) is 11.5 Å². The van der Waals surface area contributed by atoms with Crippen LogP contribution in [0.25, 0.3) is 5.69 Å². The molecule has 6 nitrogen and oxygen atoms in total. The first kappa shape index (κ1) is 18.4. The summed E-state index contributed by atoms with van der Waals surface area (Å²) in [6.07, 6.45) is 2.07. The lowest BCUT2D eigenvalue weighted by Crippen LogP contribution is -2.24. The Bertz CT molecular complexity index is 1060. The van der Waals surface area contributed by atoms with E-state index in [2.05, 4.69) is 10.4 Å². The topological polar surface area (TPSA) is 76.4 Å². The summed E-state index contributed by atoms with van der Waals surface area (Å²) in [6.45, 7) is 4.22. The number of nitrogens with one attached hydrogen (secondary N) is 1. The Hall–Kier alpha value is -2.99. The van der Waals surface area contributed by atoms with E-state index < -0.39 is 0 Å². The van der Waals surface area contributed by atoms with Gasteiger partial charge in [0.25, 0.3) is 0 Å². The molecule has 0 bridgehead atoms. The summed E-state index contributed by atoms with van der Waals surface area (Å²) >= 11 is 6.26. The first-order valence-electron chi connectivity index (χ1n) is 9.08. The van der Waals surface area contributed by atoms with Gasteiger partial charge in [0, 0.05) is 22.9 Å². The number of hydrogen-bond donors (Lipinski definition) is 2. The fraction of sp³-hybridized carbons (Fsp3) is 0.238. The molecule has 0 aliphatic carbocycles. The number of aromatic nitrogens is 2. The maximum atomic E-state index is 12.5. The first-order valence-corrected chi connectivity index (χ1v) is 9.46. The predicted octanol–water partition coefficient (Wildman–Crippen LogP) is 4.41. The van der Waals surface area contributed by atoms with Gasteiger partial charge in [0.2, 0.25) is 5.91 Å². The average Bonchev–Trinajstić information content (AvgIpc) is 3.09. The molecule has 1 atom stereocenters. The van der Waals surface area contributed by atoms with Crippen molar-refractivity contribution in [2.45, 2.75) is 26.2 Å². The molecular weight excluding hydrogens is 378 g/mol. The SMILES string of the molecule is CCOc1cc([C@@H]2CC(=O)Nc3c2cnn3-c2cccc(Cl)c2C)ccc1O. The lowest BCUT2D eigenvalue weighted by molar-refractivity contribution is -0.116. The zero-order valence-corrected chi connectivity index (χ0v) is 16.3. The molecule has 144 valence electrons. The summed E-state index contributed by atoms with van der Waals surface area (Å²) in [6, 6.07) is 10.8. The van der Waals surface area contributed by atoms with Gasteiger partial charge in [-0.2, -0.15) is 5.10 Å². The van der Waals surface area contributed by atoms with Gasteiger partial charge in [0.05, 0.1) is 18.5 Å². The van der Waals surface area contributed by atoms with Crippen molar-refractivity contribution in [1.82, 2.24) is 9.78 Å². The smallest absolute Gasteiger partial charge is 0.226 e. The molecule has 1 aromatic heterocycles. The summed E-state index contributed by atoms with van der Waals surface area (Å²) in [4.78, 5) is 12.5. The molecule has 1 aliphatic rings. The van der Waals surface area contributed by atoms with Crippen molar-refractivity contribution in [3.63, 3.8) is 0 Å². The fourth-order valence-corrected chi connectivity index (χ4v) is 3.71. The number of anilines is 1. The molecular formula is C21H20ClN3O3. The van der Waals surface area contributed by atoms with Crippen LogP contribution < -0.4 is 10.1 Å². The number of ether oxygens (including phenoxy) is 1. The van der Waals surface area contributed by atoms with Crippen molar-refractivity contribution < 1.29 is 14.6 Å². The molecule has 0 saturated carbocycles. The second-order valence-corrected chi connectivity index (χ2v) is 7.12. The van der Waals surface area contributed by atoms with Gasteiger partial charge >= 0.3 is 0 Å². The van der Waals surface area contributed by atoms with Gasteiger partial charge in [0.1, 0.15) is 5.82 Å². The van der Waals surface area contributed by atoms with Crippen LogP contribution in [0.3, 0.4) is 0 Å². The van der Waals surface area contributed by atoms with Gasteiger partial charge in [-0.1, -0.05) is 23.7 Å². The molecule has 3 aromatic rings. The van der Waals surface area contributed by atoms with E-state index in [4.69, 9.17) is 16.3 Å². The van der Waals surface area contributed by atoms with E-state index in [1.807, 2.05) is 38.1 Å². The Balaban J connectivity index is 1.81. The Morgan fingerprint density at radius 1 is 1.36 bits per heavy atom. The van der Waals surface area contributed by atoms with E-state index in [1.165, 1.54) is 0 Å². The monoisotopic (exact) mass is 397 g/mol. The molecule has 28 heavy (non-hydrogen) atoms. The summed E-state index contributed by atoms with van der Waals surface area (Å²) < 4.78 is 7.21. The van der Waals surface area contributed by atoms with Crippen molar-refractivity contribution in [2.24, 2.45) is 0 Å². The number of hydrogen-bond acceptors (Lipinski definition) is 4. The number of aromatic hydroxyl groups is 1. The third-order valence-electron chi connectivity index (χ3n) is 4.97. The molecule has 0 radical (unpaired) electrons. The second-order valence-electron chi connectivity index (χ2n) is 6.71. The minimum atomic E-state index is -0.184. The van der Waals surface area contributed by atoms with Gasteiger partial charge < -0.3 is 15.2 Å². The van der Waals surface area contributed by atoms with Crippen molar-refractivity contribution in [3.05, 3.63) is 64.3 Å². The number of phenolic OH excluding ortho intramolecular Hbond substituents is 1. The summed E-state index contributed by atoms with van der Waals surface area (Å²) in [7, 11) is 0. The molecule has 0 fully saturated rings. The second kappa shape index (κ2) is 7.20. The number of rotatable bonds is 4. The van der Waals surface area contributed by atoms with E-state index in [1.54, 1.807) is 23.0 Å². The number of carbonyl (C=O) groups excluding carboxylic acids is 1. The molecule has 4 rings (SSSR count). The molecule has 2 heterocycles. The Morgan fingerprint density at radius 2 is 2.18 bits per heavy atom. The number of benzene rings is 2. The molecule has 2 aromatic carbocycles. The van der Waals surface area contributed by atoms with Crippen LogP contribution in [0.5, 0.6) is 11.5 Å². The van der Waals surface area contributed by atoms with Gasteiger partial charge in [-0.15, -0.1) is 0 Å². The molecule has 0 saturated heterocycles. The largest absolute Gasteiger partial charge is 0.504 e. The summed E-state index contributed by atoms with van der Waals surface area (Å²) in [5.41, 5.74) is 3.50. The molecule has 1 aliphatic heterocycles. The molecule has 7 heteroatoms. The third-order valence-corrected chi connectivity index (χ3v) is 5.38. The quantitative estimate of drug-likeness (QED) is 0.683. The number of fused-ring (bicyclic) bond motifs is 1. The number of phenols is 1. The van der Waals surface area contributed by atoms with Crippen LogP contribution in [0, 0.1) is 6.92 Å². The number of amides is 1. The highest BCUT2D eigenvalue weighted by molar-refractivity contribution is 6.31. The maximum absolute atomic E-state index is 12.5. The van der Waals surface area contributed by atoms with Crippen molar-refractivity contribution in [3.8, 4) is 17.2 Å². The van der Waals surface area contributed by atoms with Gasteiger partial charge in [-0.05, 0) is 49.2 Å². The number of halogens is 1. The minimum absolute atomic E-state index is 0.0799. The van der Waals surface area contributed by atoms with Crippen LogP contribution in [-0.2, 0) is 4.79 Å². The fourth-order valence-electron chi connectivity index (χ4n) is 3.54. The number of nitrogens with zero attached hydrogens (tertiary/aromatic N) is 2. The van der Waals surface area contributed by atoms with Gasteiger partial charge in [-0.25, -0.2) is 4.68 Å². The third kappa shape index (κ3) is 3.10. The molecule has 0 spiro atoms. The van der Waals surface area contributed by atoms with E-state index in [-0.39, 0.29) is 17.6 Å². The Labute approximate surface area is 167 Å². The lowest BCUT2D eigenvalue weighted by atomic mass is 9.87. The summed E-state index contributed by atoms with van der Waals surface area (Å²) in [5.74, 6) is 0.848. The van der Waals surface area contributed by atoms with E-state index >= 15 is 0 Å². The van der Waals surface area contributed by atoms with Crippen molar-refractivity contribution >= 4 is 23.3 Å². The number of carbonyl (C=O) groups is 1. The van der Waals surface area contributed by atoms with E-state index in [0.717, 1.165) is 22.4 Å². The zero-order valence-electron chi connectivity index (χ0n) is 15.6. The van der Waals surface area contributed by atoms with Crippen molar-refractivity contribution in [2.75, 3.05) is 11.9 Å². The van der Waals surface area contributed by atoms with Crippen LogP contribution in [-0.4, -0.2) is 27.4 Å². The predicted molar refractivity (Wildman–Crippen MR) is 108 cm³/mol. The summed E-state index contributed by atoms with van der Waals surface area (Å²) in [5, 5.41) is 18.1. The lowest BCUT2D eigenvalue weighted by Gasteiger charge is -2.24. The van der Waals surface area contributed by atoms with Crippen LogP contribution in [0.2, 0.25) is 5.02 Å². The highest BCUT2D eigenvalue weighted by Crippen LogP contribution is 2.41. The average molecular weight is 398 g/mol. The maximum Gasteiger partial charge on any atom is 0.226 e. The highest BCUT2D eigenvalue weighted by atomic mass is 35.5. The van der Waals surface area contributed by atoms with Gasteiger partial charge in [-0.3, -0.25) is 4.79 Å². The Kier molecular flexibility index (Phi) is 4.73. The zero-order chi connectivity index (χ0) is 19.8. The van der Waals surface area contributed by atoms with Crippen LogP contribution >= 0.6 is 11.6 Å². The van der Waals surface area contributed by atoms with E-state index in [0.29, 0.717) is 29.6 Å². The Morgan fingerprint density at radius 3 is 2.96 bits per heavy atom. The standard InChI is InChI=1S/C21H20ClN3O3/c1-3-28-19-9-13(7-8-18(19)26)14-10-20(27)24-21-15(14)11-23-25(21)17-6-4-5-16(22)12(17)2/h4-9,11,14,26H,3,10H2,1-2H3,(H,24,27)/t14-/m0/s1. The minimum Gasteiger partial charge on any atom is -0.504 e. The first-order chi connectivity index (χ1) is 13.5. The normalized spacial score (nSPS) is 15.8. The van der Waals surface area contributed by atoms with E-state index in [9.17, 15) is 9.90 Å². The van der Waals surface area contributed by atoms with Crippen LogP contribution in [0.15, 0.2) is 42.6 Å².